The number of benzene rings is 1. The zero-order valence-corrected chi connectivity index (χ0v) is 18.9. The van der Waals surface area contributed by atoms with Gasteiger partial charge in [-0.15, -0.1) is 0 Å². The Bertz CT molecular complexity index is 1610. The van der Waals surface area contributed by atoms with Gasteiger partial charge in [0.2, 0.25) is 0 Å². The third-order valence-corrected chi connectivity index (χ3v) is 5.61. The van der Waals surface area contributed by atoms with Gasteiger partial charge in [0.1, 0.15) is 28.9 Å². The van der Waals surface area contributed by atoms with Crippen LogP contribution < -0.4 is 22.3 Å². The maximum Gasteiger partial charge on any atom is 0.332 e. The minimum Gasteiger partial charge on any atom is -0.382 e. The molecule has 4 rings (SSSR count). The van der Waals surface area contributed by atoms with Gasteiger partial charge in [-0.25, -0.2) is 18.9 Å². The molecule has 4 aromatic rings. The molecule has 11 nitrogen and oxygen atoms in total. The predicted octanol–water partition coefficient (Wildman–Crippen LogP) is 0.773. The summed E-state index contributed by atoms with van der Waals surface area (Å²) in [7, 11) is 2.85. The van der Waals surface area contributed by atoms with Crippen LogP contribution in [0.25, 0.3) is 16.7 Å². The van der Waals surface area contributed by atoms with E-state index in [0.29, 0.717) is 24.2 Å². The van der Waals surface area contributed by atoms with Gasteiger partial charge in [0.25, 0.3) is 11.5 Å². The molecule has 0 aliphatic carbocycles. The molecule has 0 unspecified atom stereocenters. The van der Waals surface area contributed by atoms with E-state index in [2.05, 4.69) is 15.4 Å². The summed E-state index contributed by atoms with van der Waals surface area (Å²) in [6.45, 7) is 0.260. The monoisotopic (exact) mass is 476 g/mol. The van der Waals surface area contributed by atoms with Crippen molar-refractivity contribution in [1.29, 1.82) is 5.26 Å². The number of carbonyl (C=O) groups is 1. The molecule has 1 aromatic carbocycles. The van der Waals surface area contributed by atoms with Crippen molar-refractivity contribution < 1.29 is 9.18 Å². The third kappa shape index (κ3) is 4.26. The first-order valence-electron chi connectivity index (χ1n) is 10.6. The summed E-state index contributed by atoms with van der Waals surface area (Å²) >= 11 is 0. The lowest BCUT2D eigenvalue weighted by atomic mass is 10.1. The van der Waals surface area contributed by atoms with Gasteiger partial charge in [-0.05, 0) is 43.2 Å². The standard InChI is InChI=1S/C23H21FN8O3/c1-30-20-16(22(34)31(2)23(30)35)10-13(12-28-20)21(33)27-9-3-4-18-17(11-25)19(26)32(29-18)15-7-5-14(24)6-8-15/h5-8,10,12H,3-4,9,26H2,1-2H3,(H,27,33). The lowest BCUT2D eigenvalue weighted by molar-refractivity contribution is 0.0953. The van der Waals surface area contributed by atoms with Crippen molar-refractivity contribution in [2.75, 3.05) is 12.3 Å². The summed E-state index contributed by atoms with van der Waals surface area (Å²) in [6.07, 6.45) is 2.12. The van der Waals surface area contributed by atoms with Crippen LogP contribution in [0.5, 0.6) is 0 Å². The van der Waals surface area contributed by atoms with E-state index >= 15 is 0 Å². The number of aromatic nitrogens is 5. The van der Waals surface area contributed by atoms with E-state index in [1.165, 1.54) is 59.9 Å². The normalized spacial score (nSPS) is 10.9. The fourth-order valence-electron chi connectivity index (χ4n) is 3.70. The number of aryl methyl sites for hydroxylation is 2. The van der Waals surface area contributed by atoms with E-state index in [-0.39, 0.29) is 34.5 Å². The molecule has 0 bridgehead atoms. The summed E-state index contributed by atoms with van der Waals surface area (Å²) in [6, 6.07) is 9.00. The number of nitrogens with two attached hydrogens (primary N) is 1. The second-order valence-electron chi connectivity index (χ2n) is 7.87. The molecule has 0 aliphatic heterocycles. The minimum absolute atomic E-state index is 0.149. The highest BCUT2D eigenvalue weighted by molar-refractivity contribution is 5.96. The number of nitriles is 1. The van der Waals surface area contributed by atoms with Crippen LogP contribution >= 0.6 is 0 Å². The van der Waals surface area contributed by atoms with Gasteiger partial charge >= 0.3 is 5.69 Å². The van der Waals surface area contributed by atoms with Crippen molar-refractivity contribution in [2.45, 2.75) is 12.8 Å². The van der Waals surface area contributed by atoms with Gasteiger partial charge in [-0.1, -0.05) is 0 Å². The molecular weight excluding hydrogens is 455 g/mol. The average Bonchev–Trinajstić information content (AvgIpc) is 3.18. The molecule has 0 atom stereocenters. The molecule has 0 radical (unpaired) electrons. The number of nitrogens with zero attached hydrogens (tertiary/aromatic N) is 6. The molecule has 35 heavy (non-hydrogen) atoms. The Balaban J connectivity index is 1.45. The van der Waals surface area contributed by atoms with Gasteiger partial charge in [0.05, 0.1) is 22.3 Å². The number of carbonyl (C=O) groups excluding carboxylic acids is 1. The largest absolute Gasteiger partial charge is 0.382 e. The van der Waals surface area contributed by atoms with Crippen LogP contribution in [0.4, 0.5) is 10.2 Å². The summed E-state index contributed by atoms with van der Waals surface area (Å²) in [5.74, 6) is -0.689. The topological polar surface area (TPSA) is 154 Å². The van der Waals surface area contributed by atoms with E-state index in [1.807, 2.05) is 6.07 Å². The molecule has 178 valence electrons. The second kappa shape index (κ2) is 9.22. The highest BCUT2D eigenvalue weighted by Gasteiger charge is 2.17. The average molecular weight is 476 g/mol. The summed E-state index contributed by atoms with van der Waals surface area (Å²) in [5.41, 5.74) is 6.58. The molecule has 3 aromatic heterocycles. The van der Waals surface area contributed by atoms with E-state index in [9.17, 15) is 24.0 Å². The van der Waals surface area contributed by atoms with Crippen molar-refractivity contribution >= 4 is 22.8 Å². The van der Waals surface area contributed by atoms with Crippen molar-refractivity contribution in [3.8, 4) is 11.8 Å². The van der Waals surface area contributed by atoms with Crippen LogP contribution in [0.15, 0.2) is 46.1 Å². The second-order valence-corrected chi connectivity index (χ2v) is 7.87. The van der Waals surface area contributed by atoms with E-state index in [0.717, 1.165) is 4.57 Å². The van der Waals surface area contributed by atoms with Gasteiger partial charge in [-0.2, -0.15) is 10.4 Å². The predicted molar refractivity (Wildman–Crippen MR) is 126 cm³/mol. The van der Waals surface area contributed by atoms with E-state index in [4.69, 9.17) is 5.73 Å². The fraction of sp³-hybridized carbons (Fsp3) is 0.217. The first kappa shape index (κ1) is 23.4. The Hall–Kier alpha value is -4.79. The van der Waals surface area contributed by atoms with Crippen LogP contribution in [0.1, 0.15) is 28.0 Å². The molecule has 0 fully saturated rings. The molecule has 3 N–H and O–H groups in total. The Morgan fingerprint density at radius 1 is 1.20 bits per heavy atom. The van der Waals surface area contributed by atoms with Crippen LogP contribution in [0, 0.1) is 17.1 Å². The highest BCUT2D eigenvalue weighted by Crippen LogP contribution is 2.21. The lowest BCUT2D eigenvalue weighted by Gasteiger charge is -2.08. The van der Waals surface area contributed by atoms with Gasteiger partial charge in [-0.3, -0.25) is 18.7 Å². The molecule has 0 saturated heterocycles. The zero-order valence-electron chi connectivity index (χ0n) is 18.9. The Morgan fingerprint density at radius 2 is 1.91 bits per heavy atom. The number of hydrogen-bond acceptors (Lipinski definition) is 7. The summed E-state index contributed by atoms with van der Waals surface area (Å²) in [4.78, 5) is 41.2. The number of halogens is 1. The molecule has 1 amide bonds. The maximum absolute atomic E-state index is 13.2. The number of fused-ring (bicyclic) bond motifs is 1. The molecule has 0 saturated carbocycles. The van der Waals surface area contributed by atoms with E-state index < -0.39 is 23.0 Å². The fourth-order valence-corrected chi connectivity index (χ4v) is 3.70. The SMILES string of the molecule is Cn1c(=O)c2cc(C(=O)NCCCc3nn(-c4ccc(F)cc4)c(N)c3C#N)cnc2n(C)c1=O. The number of nitrogens with one attached hydrogen (secondary N) is 1. The first-order chi connectivity index (χ1) is 16.7. The van der Waals surface area contributed by atoms with Crippen molar-refractivity contribution in [3.05, 3.63) is 80.0 Å². The molecule has 0 aliphatic rings. The van der Waals surface area contributed by atoms with Gasteiger partial charge in [0, 0.05) is 26.8 Å². The number of anilines is 1. The summed E-state index contributed by atoms with van der Waals surface area (Å²) in [5, 5.41) is 16.8. The van der Waals surface area contributed by atoms with E-state index in [1.54, 1.807) is 0 Å². The number of pyridine rings is 1. The number of hydrogen-bond donors (Lipinski definition) is 2. The van der Waals surface area contributed by atoms with Crippen LogP contribution in [-0.4, -0.2) is 36.4 Å². The Labute approximate surface area is 197 Å². The zero-order chi connectivity index (χ0) is 25.3. The van der Waals surface area contributed by atoms with Crippen molar-refractivity contribution in [1.82, 2.24) is 29.2 Å². The minimum atomic E-state index is -0.538. The number of nitrogen functional groups attached to an aromatic ring is 1. The Kier molecular flexibility index (Phi) is 6.16. The highest BCUT2D eigenvalue weighted by atomic mass is 19.1. The number of amides is 1. The van der Waals surface area contributed by atoms with Gasteiger partial charge in [0.15, 0.2) is 0 Å². The first-order valence-corrected chi connectivity index (χ1v) is 10.6. The summed E-state index contributed by atoms with van der Waals surface area (Å²) < 4.78 is 16.8. The molecule has 0 spiro atoms. The van der Waals surface area contributed by atoms with Crippen LogP contribution in [-0.2, 0) is 20.5 Å². The molecule has 3 heterocycles. The Morgan fingerprint density at radius 3 is 2.60 bits per heavy atom. The lowest BCUT2D eigenvalue weighted by Crippen LogP contribution is -2.37. The molecule has 12 heteroatoms. The quantitative estimate of drug-likeness (QED) is 0.390. The van der Waals surface area contributed by atoms with Crippen molar-refractivity contribution in [2.24, 2.45) is 14.1 Å². The van der Waals surface area contributed by atoms with Crippen LogP contribution in [0.3, 0.4) is 0 Å². The van der Waals surface area contributed by atoms with Crippen molar-refractivity contribution in [3.63, 3.8) is 0 Å². The maximum atomic E-state index is 13.2. The van der Waals surface area contributed by atoms with Gasteiger partial charge < -0.3 is 11.1 Å². The molecular formula is C23H21FN8O3. The van der Waals surface area contributed by atoms with Crippen LogP contribution in [0.2, 0.25) is 0 Å². The smallest absolute Gasteiger partial charge is 0.332 e. The third-order valence-electron chi connectivity index (χ3n) is 5.61. The number of rotatable bonds is 6.